The van der Waals surface area contributed by atoms with E-state index < -0.39 is 11.9 Å². The molecule has 0 radical (unpaired) electrons. The Bertz CT molecular complexity index is 368. The summed E-state index contributed by atoms with van der Waals surface area (Å²) < 4.78 is 0. The normalized spacial score (nSPS) is 10.6. The van der Waals surface area contributed by atoms with Gasteiger partial charge in [-0.2, -0.15) is 0 Å². The summed E-state index contributed by atoms with van der Waals surface area (Å²) in [5.74, 6) is -1.35. The predicted molar refractivity (Wildman–Crippen MR) is 119 cm³/mol. The van der Waals surface area contributed by atoms with Gasteiger partial charge in [0.15, 0.2) is 0 Å². The van der Waals surface area contributed by atoms with Crippen LogP contribution in [0.4, 0.5) is 0 Å². The third-order valence-electron chi connectivity index (χ3n) is 4.30. The third-order valence-corrected chi connectivity index (χ3v) is 4.30. The second-order valence-corrected chi connectivity index (χ2v) is 7.21. The van der Waals surface area contributed by atoms with Crippen molar-refractivity contribution in [3.05, 3.63) is 24.3 Å². The average Bonchev–Trinajstić information content (AvgIpc) is 2.65. The molecule has 0 aromatic carbocycles. The number of carboxylic acid groups (broad SMARTS) is 2. The Kier molecular flexibility index (Phi) is 33.0. The zero-order valence-corrected chi connectivity index (χ0v) is 22.0. The van der Waals surface area contributed by atoms with Crippen LogP contribution in [0.2, 0.25) is 0 Å². The van der Waals surface area contributed by atoms with Crippen molar-refractivity contribution >= 4 is 11.9 Å². The molecule has 0 rings (SSSR count). The Morgan fingerprint density at radius 2 is 0.862 bits per heavy atom. The van der Waals surface area contributed by atoms with Gasteiger partial charge in [-0.1, -0.05) is 76.7 Å². The van der Waals surface area contributed by atoms with Gasteiger partial charge in [-0.05, 0) is 51.4 Å². The molecule has 0 fully saturated rings. The summed E-state index contributed by atoms with van der Waals surface area (Å²) in [6.07, 6.45) is 25.1. The van der Waals surface area contributed by atoms with Crippen LogP contribution in [-0.2, 0) is 29.1 Å². The number of hydrogen-bond donors (Lipinski definition) is 2. The van der Waals surface area contributed by atoms with Crippen molar-refractivity contribution in [1.82, 2.24) is 0 Å². The number of hydrogen-bond acceptors (Lipinski definition) is 2. The van der Waals surface area contributed by atoms with E-state index in [2.05, 4.69) is 38.2 Å². The summed E-state index contributed by atoms with van der Waals surface area (Å²) in [7, 11) is 0. The maximum atomic E-state index is 10.2. The summed E-state index contributed by atoms with van der Waals surface area (Å²) >= 11 is 0. The van der Waals surface area contributed by atoms with Crippen molar-refractivity contribution in [2.45, 2.75) is 117 Å². The molecular formula is C24H44O4Zn. The van der Waals surface area contributed by atoms with Gasteiger partial charge in [0.2, 0.25) is 0 Å². The number of unbranched alkanes of at least 4 members (excludes halogenated alkanes) is 10. The first-order chi connectivity index (χ1) is 13.5. The molecule has 0 bridgehead atoms. The fraction of sp³-hybridized carbons (Fsp3) is 0.750. The topological polar surface area (TPSA) is 74.6 Å². The summed E-state index contributed by atoms with van der Waals surface area (Å²) in [5, 5.41) is 16.8. The second kappa shape index (κ2) is 29.2. The summed E-state index contributed by atoms with van der Waals surface area (Å²) in [6, 6.07) is 0. The van der Waals surface area contributed by atoms with Crippen LogP contribution < -0.4 is 0 Å². The number of allylic oxidation sites excluding steroid dienone is 4. The van der Waals surface area contributed by atoms with Gasteiger partial charge in [0.25, 0.3) is 0 Å². The minimum absolute atomic E-state index is 0. The van der Waals surface area contributed by atoms with Crippen molar-refractivity contribution in [2.24, 2.45) is 0 Å². The molecule has 0 heterocycles. The molecule has 0 unspecified atom stereocenters. The van der Waals surface area contributed by atoms with Gasteiger partial charge < -0.3 is 10.2 Å². The molecule has 0 atom stereocenters. The van der Waals surface area contributed by atoms with E-state index in [1.807, 2.05) is 0 Å². The molecule has 0 aromatic rings. The van der Waals surface area contributed by atoms with Crippen molar-refractivity contribution in [1.29, 1.82) is 0 Å². The number of aliphatic carboxylic acids is 2. The zero-order chi connectivity index (χ0) is 21.3. The Balaban J connectivity index is -0.000000451. The molecule has 29 heavy (non-hydrogen) atoms. The van der Waals surface area contributed by atoms with E-state index >= 15 is 0 Å². The molecule has 0 spiro atoms. The van der Waals surface area contributed by atoms with Crippen molar-refractivity contribution in [3.8, 4) is 0 Å². The van der Waals surface area contributed by atoms with E-state index in [0.29, 0.717) is 12.8 Å². The van der Waals surface area contributed by atoms with Crippen LogP contribution >= 0.6 is 0 Å². The first kappa shape index (κ1) is 32.7. The molecule has 2 N–H and O–H groups in total. The standard InChI is InChI=1S/2C12H22O2.Zn/c2*1-2-3-4-5-6-7-8-9-10-11-12(13)14;/h2*5-6H,2-4,7-11H2,1H3,(H,13,14);. The fourth-order valence-corrected chi connectivity index (χ4v) is 2.55. The molecule has 166 valence electrons. The molecule has 0 aliphatic rings. The smallest absolute Gasteiger partial charge is 0.303 e. The van der Waals surface area contributed by atoms with Gasteiger partial charge in [0.05, 0.1) is 0 Å². The van der Waals surface area contributed by atoms with Crippen LogP contribution in [-0.4, -0.2) is 22.2 Å². The van der Waals surface area contributed by atoms with Gasteiger partial charge in [-0.15, -0.1) is 0 Å². The molecule has 5 heteroatoms. The van der Waals surface area contributed by atoms with E-state index in [9.17, 15) is 9.59 Å². The van der Waals surface area contributed by atoms with E-state index in [0.717, 1.165) is 51.4 Å². The third kappa shape index (κ3) is 38.3. The van der Waals surface area contributed by atoms with Crippen LogP contribution in [0.15, 0.2) is 24.3 Å². The van der Waals surface area contributed by atoms with Gasteiger partial charge in [0.1, 0.15) is 0 Å². The Morgan fingerprint density at radius 3 is 1.14 bits per heavy atom. The largest absolute Gasteiger partial charge is 0.481 e. The molecular weight excluding hydrogens is 418 g/mol. The molecule has 0 saturated carbocycles. The maximum Gasteiger partial charge on any atom is 0.303 e. The predicted octanol–water partition coefficient (Wildman–Crippen LogP) is 7.53. The minimum atomic E-state index is -0.677. The van der Waals surface area contributed by atoms with Crippen molar-refractivity contribution in [3.63, 3.8) is 0 Å². The van der Waals surface area contributed by atoms with Crippen LogP contribution in [0.5, 0.6) is 0 Å². The Labute approximate surface area is 192 Å². The average molecular weight is 462 g/mol. The first-order valence-corrected chi connectivity index (χ1v) is 11.3. The van der Waals surface area contributed by atoms with Crippen LogP contribution in [0.3, 0.4) is 0 Å². The summed E-state index contributed by atoms with van der Waals surface area (Å²) in [6.45, 7) is 4.39. The van der Waals surface area contributed by atoms with Crippen molar-refractivity contribution in [2.75, 3.05) is 0 Å². The molecule has 0 aliphatic carbocycles. The van der Waals surface area contributed by atoms with Crippen LogP contribution in [0.25, 0.3) is 0 Å². The maximum absolute atomic E-state index is 10.2. The summed E-state index contributed by atoms with van der Waals surface area (Å²) in [5.41, 5.74) is 0. The molecule has 0 saturated heterocycles. The van der Waals surface area contributed by atoms with Gasteiger partial charge >= 0.3 is 11.9 Å². The van der Waals surface area contributed by atoms with Gasteiger partial charge in [-0.25, -0.2) is 0 Å². The Hall–Kier alpha value is -0.957. The number of rotatable bonds is 18. The van der Waals surface area contributed by atoms with Crippen LogP contribution in [0, 0.1) is 0 Å². The zero-order valence-electron chi connectivity index (χ0n) is 19.0. The molecule has 0 amide bonds. The van der Waals surface area contributed by atoms with Gasteiger partial charge in [0, 0.05) is 32.3 Å². The summed E-state index contributed by atoms with van der Waals surface area (Å²) in [4.78, 5) is 20.4. The van der Waals surface area contributed by atoms with E-state index in [-0.39, 0.29) is 19.5 Å². The van der Waals surface area contributed by atoms with Crippen molar-refractivity contribution < 1.29 is 39.3 Å². The quantitative estimate of drug-likeness (QED) is 0.126. The van der Waals surface area contributed by atoms with Crippen LogP contribution in [0.1, 0.15) is 117 Å². The second-order valence-electron chi connectivity index (χ2n) is 7.21. The molecule has 4 nitrogen and oxygen atoms in total. The fourth-order valence-electron chi connectivity index (χ4n) is 2.55. The monoisotopic (exact) mass is 460 g/mol. The SMILES string of the molecule is CCCCC=CCCCCCC(=O)O.CCCCC=CCCCCCC(=O)O.[Zn]. The minimum Gasteiger partial charge on any atom is -0.481 e. The van der Waals surface area contributed by atoms with E-state index in [4.69, 9.17) is 10.2 Å². The first-order valence-electron chi connectivity index (χ1n) is 11.3. The molecule has 0 aromatic heterocycles. The van der Waals surface area contributed by atoms with E-state index in [1.165, 1.54) is 38.5 Å². The number of carboxylic acids is 2. The Morgan fingerprint density at radius 1 is 0.552 bits per heavy atom. The number of carbonyl (C=O) groups is 2. The van der Waals surface area contributed by atoms with Gasteiger partial charge in [-0.3, -0.25) is 9.59 Å². The molecule has 0 aliphatic heterocycles. The van der Waals surface area contributed by atoms with E-state index in [1.54, 1.807) is 0 Å².